The van der Waals surface area contributed by atoms with Gasteiger partial charge in [-0.25, -0.2) is 9.18 Å². The number of ether oxygens (including phenoxy) is 1. The molecule has 3 aromatic carbocycles. The van der Waals surface area contributed by atoms with Crippen molar-refractivity contribution in [3.05, 3.63) is 83.7 Å². The van der Waals surface area contributed by atoms with Crippen LogP contribution in [0.25, 0.3) is 11.3 Å². The third kappa shape index (κ3) is 6.65. The van der Waals surface area contributed by atoms with E-state index in [9.17, 15) is 18.8 Å². The molecule has 208 valence electrons. The lowest BCUT2D eigenvalue weighted by molar-refractivity contribution is -0.116. The smallest absolute Gasteiger partial charge is 0.411 e. The lowest BCUT2D eigenvalue weighted by atomic mass is 9.99. The molecule has 1 heterocycles. The minimum Gasteiger partial charge on any atom is -0.453 e. The Morgan fingerprint density at radius 2 is 1.57 bits per heavy atom. The van der Waals surface area contributed by atoms with Crippen LogP contribution in [0, 0.1) is 5.82 Å². The highest BCUT2D eigenvalue weighted by atomic mass is 19.1. The largest absolute Gasteiger partial charge is 0.453 e. The van der Waals surface area contributed by atoms with Gasteiger partial charge in [0.2, 0.25) is 5.91 Å². The number of fused-ring (bicyclic) bond motifs is 1. The maximum atomic E-state index is 13.9. The monoisotopic (exact) mass is 545 g/mol. The standard InChI is InChI=1S/C30H32FN5O4/c1-19(37)36(17-5-16-35(2)3)24-13-11-22(12-14-24)32-28(20-6-9-23(10-7-20)33-30(39)40-4)27-25-15-8-21(31)18-26(25)34-29(27)38/h6-15,18,32H,5,16-17H2,1-4H3,(H,33,39)(H,34,38). The van der Waals surface area contributed by atoms with Crippen molar-refractivity contribution >= 4 is 51.9 Å². The van der Waals surface area contributed by atoms with Crippen LogP contribution in [0.4, 0.5) is 31.9 Å². The molecule has 0 aliphatic carbocycles. The fraction of sp³-hybridized carbons (Fsp3) is 0.233. The molecule has 4 rings (SSSR count). The number of carbonyl (C=O) groups excluding carboxylic acids is 3. The van der Waals surface area contributed by atoms with E-state index in [1.807, 2.05) is 38.4 Å². The molecular formula is C30H32FN5O4. The zero-order valence-electron chi connectivity index (χ0n) is 22.9. The average Bonchev–Trinajstić information content (AvgIpc) is 3.24. The van der Waals surface area contributed by atoms with Crippen molar-refractivity contribution in [1.82, 2.24) is 4.90 Å². The van der Waals surface area contributed by atoms with Crippen molar-refractivity contribution in [2.24, 2.45) is 0 Å². The van der Waals surface area contributed by atoms with E-state index in [4.69, 9.17) is 0 Å². The topological polar surface area (TPSA) is 103 Å². The summed E-state index contributed by atoms with van der Waals surface area (Å²) in [7, 11) is 5.26. The van der Waals surface area contributed by atoms with Gasteiger partial charge in [0, 0.05) is 36.1 Å². The molecule has 10 heteroatoms. The van der Waals surface area contributed by atoms with Crippen LogP contribution in [0.1, 0.15) is 24.5 Å². The second-order valence-electron chi connectivity index (χ2n) is 9.59. The Kier molecular flexibility index (Phi) is 8.80. The molecule has 9 nitrogen and oxygen atoms in total. The number of rotatable bonds is 9. The van der Waals surface area contributed by atoms with Crippen LogP contribution in [0.5, 0.6) is 0 Å². The highest BCUT2D eigenvalue weighted by Gasteiger charge is 2.29. The second kappa shape index (κ2) is 12.4. The molecule has 40 heavy (non-hydrogen) atoms. The van der Waals surface area contributed by atoms with Crippen molar-refractivity contribution < 1.29 is 23.5 Å². The number of benzene rings is 3. The van der Waals surface area contributed by atoms with Gasteiger partial charge >= 0.3 is 6.09 Å². The van der Waals surface area contributed by atoms with Crippen LogP contribution >= 0.6 is 0 Å². The first-order valence-corrected chi connectivity index (χ1v) is 12.8. The number of hydrogen-bond acceptors (Lipinski definition) is 6. The molecule has 1 aliphatic heterocycles. The van der Waals surface area contributed by atoms with E-state index in [0.717, 1.165) is 18.7 Å². The van der Waals surface area contributed by atoms with E-state index < -0.39 is 11.9 Å². The number of nitrogens with zero attached hydrogens (tertiary/aromatic N) is 2. The molecule has 0 unspecified atom stereocenters. The molecule has 0 atom stereocenters. The van der Waals surface area contributed by atoms with Crippen LogP contribution in [-0.4, -0.2) is 57.1 Å². The molecule has 1 aliphatic rings. The van der Waals surface area contributed by atoms with Crippen molar-refractivity contribution in [3.63, 3.8) is 0 Å². The van der Waals surface area contributed by atoms with Crippen LogP contribution in [0.15, 0.2) is 66.7 Å². The minimum absolute atomic E-state index is 0.0469. The Hall–Kier alpha value is -4.70. The highest BCUT2D eigenvalue weighted by molar-refractivity contribution is 6.37. The predicted octanol–water partition coefficient (Wildman–Crippen LogP) is 5.24. The molecule has 0 aromatic heterocycles. The molecule has 3 amide bonds. The van der Waals surface area contributed by atoms with Crippen molar-refractivity contribution in [2.75, 3.05) is 55.1 Å². The van der Waals surface area contributed by atoms with Gasteiger partial charge in [-0.1, -0.05) is 12.1 Å². The summed E-state index contributed by atoms with van der Waals surface area (Å²) in [5, 5.41) is 8.69. The molecule has 0 saturated heterocycles. The number of nitrogens with one attached hydrogen (secondary N) is 3. The van der Waals surface area contributed by atoms with E-state index in [2.05, 4.69) is 25.6 Å². The number of anilines is 4. The molecule has 0 fully saturated rings. The van der Waals surface area contributed by atoms with E-state index >= 15 is 0 Å². The second-order valence-corrected chi connectivity index (χ2v) is 9.59. The van der Waals surface area contributed by atoms with Crippen molar-refractivity contribution in [1.29, 1.82) is 0 Å². The van der Waals surface area contributed by atoms with E-state index in [-0.39, 0.29) is 11.8 Å². The van der Waals surface area contributed by atoms with E-state index in [0.29, 0.717) is 46.0 Å². The first-order chi connectivity index (χ1) is 19.2. The molecule has 0 spiro atoms. The Labute approximate surface area is 232 Å². The Morgan fingerprint density at radius 1 is 0.925 bits per heavy atom. The summed E-state index contributed by atoms with van der Waals surface area (Å²) in [5.74, 6) is -0.876. The third-order valence-corrected chi connectivity index (χ3v) is 6.40. The zero-order chi connectivity index (χ0) is 28.8. The SMILES string of the molecule is COC(=O)Nc1ccc(C(Nc2ccc(N(CCCN(C)C)C(C)=O)cc2)=C2C(=O)Nc3cc(F)ccc32)cc1. The third-order valence-electron chi connectivity index (χ3n) is 6.40. The summed E-state index contributed by atoms with van der Waals surface area (Å²) in [5.41, 5.74) is 4.42. The average molecular weight is 546 g/mol. The van der Waals surface area contributed by atoms with Crippen LogP contribution < -0.4 is 20.9 Å². The van der Waals surface area contributed by atoms with Gasteiger partial charge in [0.1, 0.15) is 5.82 Å². The molecule has 0 radical (unpaired) electrons. The van der Waals surface area contributed by atoms with Gasteiger partial charge in [-0.2, -0.15) is 0 Å². The van der Waals surface area contributed by atoms with Crippen LogP contribution in [0.3, 0.4) is 0 Å². The maximum Gasteiger partial charge on any atom is 0.411 e. The van der Waals surface area contributed by atoms with Gasteiger partial charge < -0.3 is 25.2 Å². The number of amides is 3. The van der Waals surface area contributed by atoms with E-state index in [1.165, 1.54) is 19.2 Å². The van der Waals surface area contributed by atoms with Crippen LogP contribution in [0.2, 0.25) is 0 Å². The molecule has 0 saturated carbocycles. The summed E-state index contributed by atoms with van der Waals surface area (Å²) in [6.07, 6.45) is 0.232. The molecule has 3 aromatic rings. The first kappa shape index (κ1) is 28.3. The Balaban J connectivity index is 1.69. The van der Waals surface area contributed by atoms with Gasteiger partial charge in [-0.15, -0.1) is 0 Å². The van der Waals surface area contributed by atoms with Gasteiger partial charge in [0.25, 0.3) is 5.91 Å². The summed E-state index contributed by atoms with van der Waals surface area (Å²) >= 11 is 0. The van der Waals surface area contributed by atoms with E-state index in [1.54, 1.807) is 42.2 Å². The Morgan fingerprint density at radius 3 is 2.20 bits per heavy atom. The fourth-order valence-electron chi connectivity index (χ4n) is 4.44. The van der Waals surface area contributed by atoms with Gasteiger partial charge in [0.15, 0.2) is 0 Å². The lowest BCUT2D eigenvalue weighted by Gasteiger charge is -2.23. The molecular weight excluding hydrogens is 513 g/mol. The number of hydrogen-bond donors (Lipinski definition) is 3. The summed E-state index contributed by atoms with van der Waals surface area (Å²) in [6.45, 7) is 3.00. The fourth-order valence-corrected chi connectivity index (χ4v) is 4.44. The minimum atomic E-state index is -0.600. The van der Waals surface area contributed by atoms with Crippen molar-refractivity contribution in [3.8, 4) is 0 Å². The quantitative estimate of drug-likeness (QED) is 0.318. The first-order valence-electron chi connectivity index (χ1n) is 12.8. The van der Waals surface area contributed by atoms with Gasteiger partial charge in [-0.05, 0) is 87.2 Å². The van der Waals surface area contributed by atoms with Crippen LogP contribution in [-0.2, 0) is 14.3 Å². The van der Waals surface area contributed by atoms with Gasteiger partial charge in [-0.3, -0.25) is 14.9 Å². The number of carbonyl (C=O) groups is 3. The normalized spacial score (nSPS) is 13.4. The summed E-state index contributed by atoms with van der Waals surface area (Å²) in [4.78, 5) is 40.8. The molecule has 0 bridgehead atoms. The highest BCUT2D eigenvalue weighted by Crippen LogP contribution is 2.38. The van der Waals surface area contributed by atoms with Gasteiger partial charge in [0.05, 0.1) is 24.1 Å². The number of halogens is 1. The summed E-state index contributed by atoms with van der Waals surface area (Å²) < 4.78 is 18.5. The summed E-state index contributed by atoms with van der Waals surface area (Å²) in [6, 6.07) is 18.4. The Bertz CT molecular complexity index is 1440. The lowest BCUT2D eigenvalue weighted by Crippen LogP contribution is -2.31. The predicted molar refractivity (Wildman–Crippen MR) is 156 cm³/mol. The number of methoxy groups -OCH3 is 1. The zero-order valence-corrected chi connectivity index (χ0v) is 22.9. The molecule has 3 N–H and O–H groups in total. The maximum absolute atomic E-state index is 13.9. The van der Waals surface area contributed by atoms with Crippen molar-refractivity contribution in [2.45, 2.75) is 13.3 Å².